The van der Waals surface area contributed by atoms with E-state index < -0.39 is 11.9 Å². The maximum Gasteiger partial charge on any atom is 0.306 e. The van der Waals surface area contributed by atoms with Crippen LogP contribution in [0.15, 0.2) is 0 Å². The van der Waals surface area contributed by atoms with E-state index in [0.717, 1.165) is 32.1 Å². The van der Waals surface area contributed by atoms with E-state index in [9.17, 15) is 19.5 Å². The second-order valence-electron chi connectivity index (χ2n) is 6.86. The number of hydrogen-bond donors (Lipinski definition) is 1. The van der Waals surface area contributed by atoms with Crippen molar-refractivity contribution in [2.45, 2.75) is 57.9 Å². The predicted octanol–water partition coefficient (Wildman–Crippen LogP) is 2.05. The van der Waals surface area contributed by atoms with Crippen LogP contribution >= 0.6 is 0 Å². The Kier molecular flexibility index (Phi) is 3.76. The fourth-order valence-electron chi connectivity index (χ4n) is 4.47. The Morgan fingerprint density at radius 3 is 2.29 bits per heavy atom. The number of imide groups is 1. The van der Waals surface area contributed by atoms with Gasteiger partial charge in [-0.25, -0.2) is 0 Å². The Bertz CT molecular complexity index is 451. The molecule has 1 saturated heterocycles. The van der Waals surface area contributed by atoms with E-state index in [2.05, 4.69) is 6.92 Å². The zero-order chi connectivity index (χ0) is 15.1. The molecule has 3 aliphatic rings. The van der Waals surface area contributed by atoms with Gasteiger partial charge < -0.3 is 5.11 Å². The Labute approximate surface area is 124 Å². The second kappa shape index (κ2) is 5.43. The second-order valence-corrected chi connectivity index (χ2v) is 6.86. The van der Waals surface area contributed by atoms with Crippen molar-refractivity contribution in [1.82, 2.24) is 4.90 Å². The molecule has 5 nitrogen and oxygen atoms in total. The van der Waals surface area contributed by atoms with Crippen LogP contribution in [0.3, 0.4) is 0 Å². The van der Waals surface area contributed by atoms with Gasteiger partial charge in [0.05, 0.1) is 17.8 Å². The maximum atomic E-state index is 12.6. The molecule has 0 aromatic rings. The number of rotatable bonds is 3. The molecule has 0 spiro atoms. The highest BCUT2D eigenvalue weighted by atomic mass is 16.4. The lowest BCUT2D eigenvalue weighted by atomic mass is 9.85. The van der Waals surface area contributed by atoms with E-state index in [1.54, 1.807) is 0 Å². The summed E-state index contributed by atoms with van der Waals surface area (Å²) in [7, 11) is 0. The molecule has 21 heavy (non-hydrogen) atoms. The molecule has 3 fully saturated rings. The molecule has 5 heteroatoms. The first-order valence-electron chi connectivity index (χ1n) is 8.12. The summed E-state index contributed by atoms with van der Waals surface area (Å²) in [5.74, 6) is -1.04. The highest BCUT2D eigenvalue weighted by Crippen LogP contribution is 2.46. The third kappa shape index (κ3) is 2.36. The minimum atomic E-state index is -0.801. The molecule has 2 aliphatic carbocycles. The van der Waals surface area contributed by atoms with Gasteiger partial charge in [-0.05, 0) is 38.0 Å². The maximum absolute atomic E-state index is 12.6. The van der Waals surface area contributed by atoms with Gasteiger partial charge in [-0.3, -0.25) is 19.3 Å². The lowest BCUT2D eigenvalue weighted by Gasteiger charge is -2.33. The number of fused-ring (bicyclic) bond motifs is 1. The van der Waals surface area contributed by atoms with Crippen molar-refractivity contribution in [3.63, 3.8) is 0 Å². The van der Waals surface area contributed by atoms with Gasteiger partial charge in [0.15, 0.2) is 0 Å². The van der Waals surface area contributed by atoms with E-state index >= 15 is 0 Å². The summed E-state index contributed by atoms with van der Waals surface area (Å²) in [6, 6.07) is -0.189. The summed E-state index contributed by atoms with van der Waals surface area (Å²) in [5, 5.41) is 9.17. The smallest absolute Gasteiger partial charge is 0.306 e. The molecule has 1 aliphatic heterocycles. The number of likely N-dealkylation sites (tertiary alicyclic amines) is 1. The fraction of sp³-hybridized carbons (Fsp3) is 0.812. The molecular formula is C16H23NO4. The zero-order valence-electron chi connectivity index (χ0n) is 12.5. The van der Waals surface area contributed by atoms with Crippen LogP contribution in [-0.4, -0.2) is 33.8 Å². The summed E-state index contributed by atoms with van der Waals surface area (Å²) >= 11 is 0. The summed E-state index contributed by atoms with van der Waals surface area (Å²) in [6.07, 6.45) is 5.33. The third-order valence-corrected chi connectivity index (χ3v) is 5.71. The van der Waals surface area contributed by atoms with Crippen LogP contribution in [0.25, 0.3) is 0 Å². The van der Waals surface area contributed by atoms with Crippen molar-refractivity contribution < 1.29 is 19.5 Å². The van der Waals surface area contributed by atoms with E-state index in [1.165, 1.54) is 4.90 Å². The van der Waals surface area contributed by atoms with Crippen LogP contribution in [0.2, 0.25) is 0 Å². The van der Waals surface area contributed by atoms with Crippen LogP contribution in [0, 0.1) is 23.7 Å². The zero-order valence-corrected chi connectivity index (χ0v) is 12.5. The first kappa shape index (κ1) is 14.5. The first-order chi connectivity index (χ1) is 10.0. The monoisotopic (exact) mass is 293 g/mol. The lowest BCUT2D eigenvalue weighted by molar-refractivity contribution is -0.149. The Morgan fingerprint density at radius 2 is 1.76 bits per heavy atom. The minimum absolute atomic E-state index is 0.0306. The van der Waals surface area contributed by atoms with Gasteiger partial charge in [0.1, 0.15) is 0 Å². The Hall–Kier alpha value is -1.39. The first-order valence-corrected chi connectivity index (χ1v) is 8.12. The van der Waals surface area contributed by atoms with Crippen molar-refractivity contribution >= 4 is 17.8 Å². The van der Waals surface area contributed by atoms with Gasteiger partial charge in [0, 0.05) is 6.04 Å². The highest BCUT2D eigenvalue weighted by molar-refractivity contribution is 6.05. The van der Waals surface area contributed by atoms with E-state index in [0.29, 0.717) is 18.8 Å². The molecule has 4 atom stereocenters. The number of carbonyl (C=O) groups is 3. The molecular weight excluding hydrogens is 270 g/mol. The van der Waals surface area contributed by atoms with Crippen LogP contribution in [-0.2, 0) is 14.4 Å². The van der Waals surface area contributed by atoms with Gasteiger partial charge in [-0.1, -0.05) is 19.8 Å². The van der Waals surface area contributed by atoms with Gasteiger partial charge in [0.2, 0.25) is 11.8 Å². The third-order valence-electron chi connectivity index (χ3n) is 5.71. The fourth-order valence-corrected chi connectivity index (χ4v) is 4.47. The van der Waals surface area contributed by atoms with Gasteiger partial charge in [-0.15, -0.1) is 0 Å². The SMILES string of the molecule is CCC1CC2C(=O)N(C3CCCC(C(=O)O)C3)C(=O)C2C1. The van der Waals surface area contributed by atoms with Crippen LogP contribution < -0.4 is 0 Å². The van der Waals surface area contributed by atoms with Gasteiger partial charge >= 0.3 is 5.97 Å². The number of carboxylic acids is 1. The summed E-state index contributed by atoms with van der Waals surface area (Å²) < 4.78 is 0. The van der Waals surface area contributed by atoms with E-state index in [4.69, 9.17) is 0 Å². The van der Waals surface area contributed by atoms with Gasteiger partial charge in [-0.2, -0.15) is 0 Å². The molecule has 2 amide bonds. The van der Waals surface area contributed by atoms with Crippen LogP contribution in [0.4, 0.5) is 0 Å². The predicted molar refractivity (Wildman–Crippen MR) is 75.2 cm³/mol. The van der Waals surface area contributed by atoms with Crippen LogP contribution in [0.5, 0.6) is 0 Å². The molecule has 3 rings (SSSR count). The largest absolute Gasteiger partial charge is 0.481 e. The molecule has 1 N–H and O–H groups in total. The molecule has 0 bridgehead atoms. The molecule has 4 unspecified atom stereocenters. The Balaban J connectivity index is 1.74. The topological polar surface area (TPSA) is 74.7 Å². The Morgan fingerprint density at radius 1 is 1.14 bits per heavy atom. The molecule has 0 radical (unpaired) electrons. The lowest BCUT2D eigenvalue weighted by Crippen LogP contribution is -2.44. The van der Waals surface area contributed by atoms with Crippen molar-refractivity contribution in [3.05, 3.63) is 0 Å². The molecule has 116 valence electrons. The van der Waals surface area contributed by atoms with Crippen LogP contribution in [0.1, 0.15) is 51.9 Å². The quantitative estimate of drug-likeness (QED) is 0.808. The minimum Gasteiger partial charge on any atom is -0.481 e. The standard InChI is InChI=1S/C16H23NO4/c1-2-9-6-12-13(7-9)15(19)17(14(12)18)11-5-3-4-10(8-11)16(20)21/h9-13H,2-8H2,1H3,(H,20,21). The average Bonchev–Trinajstić information content (AvgIpc) is 3.00. The highest BCUT2D eigenvalue weighted by Gasteiger charge is 2.54. The van der Waals surface area contributed by atoms with Crippen molar-refractivity contribution in [2.75, 3.05) is 0 Å². The summed E-state index contributed by atoms with van der Waals surface area (Å²) in [6.45, 7) is 2.11. The number of hydrogen-bond acceptors (Lipinski definition) is 3. The van der Waals surface area contributed by atoms with Crippen molar-refractivity contribution in [3.8, 4) is 0 Å². The molecule has 2 saturated carbocycles. The van der Waals surface area contributed by atoms with E-state index in [1.807, 2.05) is 0 Å². The number of aliphatic carboxylic acids is 1. The molecule has 1 heterocycles. The number of nitrogens with zero attached hydrogens (tertiary/aromatic N) is 1. The average molecular weight is 293 g/mol. The van der Waals surface area contributed by atoms with Crippen molar-refractivity contribution in [1.29, 1.82) is 0 Å². The summed E-state index contributed by atoms with van der Waals surface area (Å²) in [4.78, 5) is 37.8. The molecule has 0 aromatic heterocycles. The van der Waals surface area contributed by atoms with Gasteiger partial charge in [0.25, 0.3) is 0 Å². The number of amides is 2. The summed E-state index contributed by atoms with van der Waals surface area (Å²) in [5.41, 5.74) is 0. The number of carbonyl (C=O) groups excluding carboxylic acids is 2. The normalized spacial score (nSPS) is 39.7. The van der Waals surface area contributed by atoms with E-state index in [-0.39, 0.29) is 29.7 Å². The van der Waals surface area contributed by atoms with Crippen molar-refractivity contribution in [2.24, 2.45) is 23.7 Å². The number of carboxylic acid groups (broad SMARTS) is 1. The molecule has 0 aromatic carbocycles.